The van der Waals surface area contributed by atoms with E-state index in [1.807, 2.05) is 50.2 Å². The second kappa shape index (κ2) is 7.36. The molecule has 0 aliphatic rings. The molecule has 3 heteroatoms. The highest BCUT2D eigenvalue weighted by molar-refractivity contribution is 5.96. The van der Waals surface area contributed by atoms with Gasteiger partial charge in [-0.3, -0.25) is 0 Å². The lowest BCUT2D eigenvalue weighted by Crippen LogP contribution is -2.13. The number of carbonyl (C=O) groups is 1. The van der Waals surface area contributed by atoms with Crippen LogP contribution in [0.25, 0.3) is 5.57 Å². The maximum atomic E-state index is 11.6. The van der Waals surface area contributed by atoms with Crippen LogP contribution in [0.1, 0.15) is 55.5 Å². The van der Waals surface area contributed by atoms with Crippen LogP contribution in [0, 0.1) is 13.8 Å². The minimum absolute atomic E-state index is 0.194. The molecule has 2 aromatic rings. The van der Waals surface area contributed by atoms with Crippen LogP contribution in [0.2, 0.25) is 0 Å². The van der Waals surface area contributed by atoms with Crippen LogP contribution < -0.4 is 0 Å². The predicted octanol–water partition coefficient (Wildman–Crippen LogP) is 5.41. The highest BCUT2D eigenvalue weighted by atomic mass is 16.4. The minimum atomic E-state index is -0.941. The number of phenolic OH excluding ortho intramolecular Hbond substituents is 1. The summed E-state index contributed by atoms with van der Waals surface area (Å²) in [6, 6.07) is 11.8. The molecule has 0 amide bonds. The average Bonchev–Trinajstić information content (AvgIpc) is 2.54. The second-order valence-electron chi connectivity index (χ2n) is 8.02. The van der Waals surface area contributed by atoms with E-state index in [0.717, 1.165) is 33.4 Å². The Hall–Kier alpha value is -2.55. The zero-order chi connectivity index (χ0) is 19.6. The van der Waals surface area contributed by atoms with Gasteiger partial charge >= 0.3 is 5.97 Å². The molecule has 138 valence electrons. The number of carboxylic acid groups (broad SMARTS) is 1. The van der Waals surface area contributed by atoms with E-state index in [1.54, 1.807) is 6.92 Å². The molecule has 0 unspecified atom stereocenters. The van der Waals surface area contributed by atoms with Gasteiger partial charge in [-0.15, -0.1) is 0 Å². The molecule has 0 saturated heterocycles. The van der Waals surface area contributed by atoms with E-state index < -0.39 is 5.97 Å². The van der Waals surface area contributed by atoms with Crippen LogP contribution in [0.3, 0.4) is 0 Å². The van der Waals surface area contributed by atoms with Crippen molar-refractivity contribution in [3.63, 3.8) is 0 Å². The van der Waals surface area contributed by atoms with Gasteiger partial charge in [0.1, 0.15) is 5.75 Å². The van der Waals surface area contributed by atoms with Crippen molar-refractivity contribution >= 4 is 11.5 Å². The molecule has 3 nitrogen and oxygen atoms in total. The average molecular weight is 352 g/mol. The van der Waals surface area contributed by atoms with Gasteiger partial charge < -0.3 is 10.2 Å². The maximum absolute atomic E-state index is 11.6. The first kappa shape index (κ1) is 19.8. The first-order valence-corrected chi connectivity index (χ1v) is 8.83. The fourth-order valence-electron chi connectivity index (χ4n) is 3.09. The summed E-state index contributed by atoms with van der Waals surface area (Å²) in [5.74, 6) is -0.685. The standard InChI is InChI=1S/C23H28O3/c1-14-7-9-17(10-8-14)19(16(3)22(25)26)13-18-11-15(2)12-20(21(18)24)23(4,5)6/h7-12,24H,13H2,1-6H3,(H,25,26). The number of hydrogen-bond acceptors (Lipinski definition) is 2. The van der Waals surface area contributed by atoms with Crippen molar-refractivity contribution in [2.45, 2.75) is 53.4 Å². The van der Waals surface area contributed by atoms with Crippen molar-refractivity contribution in [3.05, 3.63) is 69.8 Å². The number of aliphatic carboxylic acids is 1. The summed E-state index contributed by atoms with van der Waals surface area (Å²) in [6.07, 6.45) is 0.373. The van der Waals surface area contributed by atoms with E-state index in [-0.39, 0.29) is 11.2 Å². The van der Waals surface area contributed by atoms with Crippen molar-refractivity contribution < 1.29 is 15.0 Å². The lowest BCUT2D eigenvalue weighted by atomic mass is 9.82. The summed E-state index contributed by atoms with van der Waals surface area (Å²) in [7, 11) is 0. The number of hydrogen-bond donors (Lipinski definition) is 2. The van der Waals surface area contributed by atoms with E-state index in [4.69, 9.17) is 0 Å². The Balaban J connectivity index is 2.61. The molecule has 26 heavy (non-hydrogen) atoms. The van der Waals surface area contributed by atoms with Gasteiger partial charge in [0.2, 0.25) is 0 Å². The molecule has 2 aromatic carbocycles. The smallest absolute Gasteiger partial charge is 0.331 e. The van der Waals surface area contributed by atoms with Crippen LogP contribution in [0.4, 0.5) is 0 Å². The molecular formula is C23H28O3. The molecule has 2 rings (SSSR count). The Morgan fingerprint density at radius 1 is 1.00 bits per heavy atom. The van der Waals surface area contributed by atoms with Gasteiger partial charge in [-0.1, -0.05) is 68.3 Å². The highest BCUT2D eigenvalue weighted by Gasteiger charge is 2.22. The Morgan fingerprint density at radius 3 is 2.08 bits per heavy atom. The number of aromatic hydroxyl groups is 1. The molecule has 0 aliphatic heterocycles. The summed E-state index contributed by atoms with van der Waals surface area (Å²) in [6.45, 7) is 11.8. The van der Waals surface area contributed by atoms with Crippen molar-refractivity contribution in [2.24, 2.45) is 0 Å². The number of aryl methyl sites for hydroxylation is 2. The van der Waals surface area contributed by atoms with Gasteiger partial charge in [0, 0.05) is 12.0 Å². The molecular weight excluding hydrogens is 324 g/mol. The summed E-state index contributed by atoms with van der Waals surface area (Å²) in [5, 5.41) is 20.4. The molecule has 0 heterocycles. The van der Waals surface area contributed by atoms with Crippen molar-refractivity contribution in [1.82, 2.24) is 0 Å². The number of benzene rings is 2. The van der Waals surface area contributed by atoms with Crippen LogP contribution in [-0.4, -0.2) is 16.2 Å². The van der Waals surface area contributed by atoms with Gasteiger partial charge in [0.25, 0.3) is 0 Å². The first-order chi connectivity index (χ1) is 12.0. The molecule has 0 saturated carbocycles. The van der Waals surface area contributed by atoms with Crippen molar-refractivity contribution in [2.75, 3.05) is 0 Å². The van der Waals surface area contributed by atoms with Crippen LogP contribution in [0.5, 0.6) is 5.75 Å². The normalized spacial score (nSPS) is 12.7. The lowest BCUT2D eigenvalue weighted by molar-refractivity contribution is -0.132. The fraction of sp³-hybridized carbons (Fsp3) is 0.348. The largest absolute Gasteiger partial charge is 0.507 e. The maximum Gasteiger partial charge on any atom is 0.331 e. The fourth-order valence-corrected chi connectivity index (χ4v) is 3.09. The van der Waals surface area contributed by atoms with Crippen LogP contribution >= 0.6 is 0 Å². The van der Waals surface area contributed by atoms with Gasteiger partial charge in [-0.25, -0.2) is 4.79 Å². The zero-order valence-electron chi connectivity index (χ0n) is 16.5. The number of carboxylic acids is 1. The number of allylic oxidation sites excluding steroid dienone is 1. The van der Waals surface area contributed by atoms with Gasteiger partial charge in [-0.05, 0) is 48.4 Å². The number of rotatable bonds is 4. The van der Waals surface area contributed by atoms with Crippen molar-refractivity contribution in [3.8, 4) is 5.75 Å². The monoisotopic (exact) mass is 352 g/mol. The van der Waals surface area contributed by atoms with Gasteiger partial charge in [0.15, 0.2) is 0 Å². The molecule has 0 aliphatic carbocycles. The molecule has 0 radical (unpaired) electrons. The SMILES string of the molecule is CC(C(=O)O)=C(Cc1cc(C)cc(C(C)(C)C)c1O)c1ccc(C)cc1. The van der Waals surface area contributed by atoms with Crippen LogP contribution in [-0.2, 0) is 16.6 Å². The summed E-state index contributed by atoms with van der Waals surface area (Å²) >= 11 is 0. The van der Waals surface area contributed by atoms with Gasteiger partial charge in [0.05, 0.1) is 0 Å². The Kier molecular flexibility index (Phi) is 5.60. The zero-order valence-corrected chi connectivity index (χ0v) is 16.5. The number of phenols is 1. The lowest BCUT2D eigenvalue weighted by Gasteiger charge is -2.23. The molecule has 2 N–H and O–H groups in total. The minimum Gasteiger partial charge on any atom is -0.507 e. The highest BCUT2D eigenvalue weighted by Crippen LogP contribution is 2.37. The first-order valence-electron chi connectivity index (χ1n) is 8.83. The van der Waals surface area contributed by atoms with E-state index in [1.165, 1.54) is 0 Å². The summed E-state index contributed by atoms with van der Waals surface area (Å²) < 4.78 is 0. The molecule has 0 spiro atoms. The van der Waals surface area contributed by atoms with E-state index in [2.05, 4.69) is 20.8 Å². The Labute approximate surface area is 156 Å². The van der Waals surface area contributed by atoms with Crippen LogP contribution in [0.15, 0.2) is 42.0 Å². The van der Waals surface area contributed by atoms with Gasteiger partial charge in [-0.2, -0.15) is 0 Å². The quantitative estimate of drug-likeness (QED) is 0.724. The van der Waals surface area contributed by atoms with Crippen molar-refractivity contribution in [1.29, 1.82) is 0 Å². The topological polar surface area (TPSA) is 57.5 Å². The van der Waals surface area contributed by atoms with E-state index in [0.29, 0.717) is 12.0 Å². The van der Waals surface area contributed by atoms with E-state index >= 15 is 0 Å². The van der Waals surface area contributed by atoms with E-state index in [9.17, 15) is 15.0 Å². The third kappa shape index (κ3) is 4.34. The predicted molar refractivity (Wildman–Crippen MR) is 107 cm³/mol. The molecule has 0 fully saturated rings. The summed E-state index contributed by atoms with van der Waals surface area (Å²) in [5.41, 5.74) is 5.50. The molecule has 0 atom stereocenters. The second-order valence-corrected chi connectivity index (χ2v) is 8.02. The molecule has 0 aromatic heterocycles. The third-order valence-electron chi connectivity index (χ3n) is 4.68. The Bertz CT molecular complexity index is 850. The Morgan fingerprint density at radius 2 is 1.58 bits per heavy atom. The third-order valence-corrected chi connectivity index (χ3v) is 4.68. The summed E-state index contributed by atoms with van der Waals surface area (Å²) in [4.78, 5) is 11.6. The molecule has 0 bridgehead atoms.